The normalized spacial score (nSPS) is 10.9. The maximum absolute atomic E-state index is 12.9. The first kappa shape index (κ1) is 28.0. The fourth-order valence-electron chi connectivity index (χ4n) is 4.32. The number of amides is 1. The molecule has 0 aliphatic carbocycles. The number of anilines is 1. The van der Waals surface area contributed by atoms with Crippen molar-refractivity contribution < 1.29 is 23.9 Å². The van der Waals surface area contributed by atoms with Crippen molar-refractivity contribution in [3.05, 3.63) is 76.7 Å². The van der Waals surface area contributed by atoms with Crippen LogP contribution in [0.15, 0.2) is 65.8 Å². The van der Waals surface area contributed by atoms with Crippen molar-refractivity contribution in [2.75, 3.05) is 25.3 Å². The molecule has 10 nitrogen and oxygen atoms in total. The van der Waals surface area contributed by atoms with Gasteiger partial charge in [-0.2, -0.15) is 0 Å². The fourth-order valence-corrected chi connectivity index (χ4v) is 6.16. The fraction of sp³-hybridized carbons (Fsp3) is 0.172. The Bertz CT molecular complexity index is 1780. The molecule has 12 heteroatoms. The van der Waals surface area contributed by atoms with Gasteiger partial charge in [-0.05, 0) is 24.6 Å². The van der Waals surface area contributed by atoms with E-state index < -0.39 is 11.9 Å². The predicted octanol–water partition coefficient (Wildman–Crippen LogP) is 5.37. The van der Waals surface area contributed by atoms with Crippen molar-refractivity contribution in [2.45, 2.75) is 12.1 Å². The third kappa shape index (κ3) is 5.56. The molecule has 5 aromatic rings. The molecule has 0 spiro atoms. The van der Waals surface area contributed by atoms with Gasteiger partial charge in [0.05, 0.1) is 36.7 Å². The van der Waals surface area contributed by atoms with Gasteiger partial charge in [-0.15, -0.1) is 21.5 Å². The Balaban J connectivity index is 1.39. The highest BCUT2D eigenvalue weighted by molar-refractivity contribution is 7.99. The standard InChI is InChI=1S/C29H25N5O5S2/c1-16-23(27(36)38-3)26(41-24(16)28(37)39-4)31-22(35)15-40-29-33-32-25(34(29)2)19-14-21(17-10-6-5-7-11-17)30-20-13-9-8-12-18(19)20/h5-14H,15H2,1-4H3,(H,31,35). The van der Waals surface area contributed by atoms with Gasteiger partial charge >= 0.3 is 11.9 Å². The number of rotatable bonds is 8. The Kier molecular flexibility index (Phi) is 8.13. The number of hydrogen-bond acceptors (Lipinski definition) is 10. The van der Waals surface area contributed by atoms with Crippen LogP contribution in [0.1, 0.15) is 25.6 Å². The molecule has 1 amide bonds. The number of thiophene rings is 1. The topological polar surface area (TPSA) is 125 Å². The molecule has 0 saturated heterocycles. The third-order valence-corrected chi connectivity index (χ3v) is 8.56. The highest BCUT2D eigenvalue weighted by Crippen LogP contribution is 2.35. The number of carbonyl (C=O) groups excluding carboxylic acids is 3. The van der Waals surface area contributed by atoms with Crippen LogP contribution in [-0.4, -0.2) is 57.6 Å². The summed E-state index contributed by atoms with van der Waals surface area (Å²) >= 11 is 2.16. The summed E-state index contributed by atoms with van der Waals surface area (Å²) in [6.45, 7) is 1.60. The molecule has 0 aliphatic rings. The number of thioether (sulfide) groups is 1. The van der Waals surface area contributed by atoms with Gasteiger partial charge in [-0.1, -0.05) is 60.3 Å². The van der Waals surface area contributed by atoms with Crippen molar-refractivity contribution in [3.8, 4) is 22.6 Å². The van der Waals surface area contributed by atoms with Crippen molar-refractivity contribution in [3.63, 3.8) is 0 Å². The molecule has 5 rings (SSSR count). The summed E-state index contributed by atoms with van der Waals surface area (Å²) in [7, 11) is 4.33. The van der Waals surface area contributed by atoms with Gasteiger partial charge in [0, 0.05) is 23.6 Å². The van der Waals surface area contributed by atoms with Gasteiger partial charge in [-0.3, -0.25) is 4.79 Å². The molecular formula is C29H25N5O5S2. The van der Waals surface area contributed by atoms with Crippen LogP contribution in [0.2, 0.25) is 0 Å². The summed E-state index contributed by atoms with van der Waals surface area (Å²) in [5, 5.41) is 13.2. The number of hydrogen-bond donors (Lipinski definition) is 1. The zero-order valence-corrected chi connectivity index (χ0v) is 24.3. The van der Waals surface area contributed by atoms with E-state index in [1.165, 1.54) is 26.0 Å². The number of fused-ring (bicyclic) bond motifs is 1. The van der Waals surface area contributed by atoms with Gasteiger partial charge in [0.25, 0.3) is 0 Å². The molecule has 1 N–H and O–H groups in total. The molecule has 0 fully saturated rings. The summed E-state index contributed by atoms with van der Waals surface area (Å²) < 4.78 is 11.5. The minimum atomic E-state index is -0.658. The number of ether oxygens (including phenoxy) is 2. The van der Waals surface area contributed by atoms with Crippen LogP contribution < -0.4 is 5.32 Å². The Labute approximate surface area is 243 Å². The lowest BCUT2D eigenvalue weighted by Crippen LogP contribution is -2.16. The molecular weight excluding hydrogens is 562 g/mol. The molecule has 2 aromatic carbocycles. The first-order valence-electron chi connectivity index (χ1n) is 12.4. The van der Waals surface area contributed by atoms with Crippen LogP contribution in [0.3, 0.4) is 0 Å². The molecule has 41 heavy (non-hydrogen) atoms. The number of benzene rings is 2. The number of carbonyl (C=O) groups is 3. The van der Waals surface area contributed by atoms with E-state index in [0.717, 1.165) is 39.1 Å². The van der Waals surface area contributed by atoms with E-state index in [4.69, 9.17) is 14.5 Å². The van der Waals surface area contributed by atoms with E-state index >= 15 is 0 Å². The second-order valence-electron chi connectivity index (χ2n) is 8.88. The lowest BCUT2D eigenvalue weighted by molar-refractivity contribution is -0.113. The Hall–Kier alpha value is -4.55. The maximum atomic E-state index is 12.9. The highest BCUT2D eigenvalue weighted by atomic mass is 32.2. The third-order valence-electron chi connectivity index (χ3n) is 6.35. The molecule has 0 aliphatic heterocycles. The minimum Gasteiger partial charge on any atom is -0.465 e. The average molecular weight is 588 g/mol. The Morgan fingerprint density at radius 2 is 1.68 bits per heavy atom. The van der Waals surface area contributed by atoms with E-state index in [2.05, 4.69) is 15.5 Å². The lowest BCUT2D eigenvalue weighted by atomic mass is 10.0. The number of nitrogens with one attached hydrogen (secondary N) is 1. The predicted molar refractivity (Wildman–Crippen MR) is 158 cm³/mol. The molecule has 208 valence electrons. The number of para-hydroxylation sites is 1. The second-order valence-corrected chi connectivity index (χ2v) is 10.8. The quantitative estimate of drug-likeness (QED) is 0.188. The van der Waals surface area contributed by atoms with Crippen LogP contribution >= 0.6 is 23.1 Å². The highest BCUT2D eigenvalue weighted by Gasteiger charge is 2.27. The lowest BCUT2D eigenvalue weighted by Gasteiger charge is -2.10. The molecule has 0 atom stereocenters. The zero-order valence-electron chi connectivity index (χ0n) is 22.6. The van der Waals surface area contributed by atoms with Crippen molar-refractivity contribution >= 4 is 56.8 Å². The first-order valence-corrected chi connectivity index (χ1v) is 14.2. The SMILES string of the molecule is COC(=O)c1sc(NC(=O)CSc2nnc(-c3cc(-c4ccccc4)nc4ccccc34)n2C)c(C(=O)OC)c1C. The van der Waals surface area contributed by atoms with Crippen molar-refractivity contribution in [1.82, 2.24) is 19.7 Å². The van der Waals surface area contributed by atoms with Gasteiger partial charge < -0.3 is 19.4 Å². The van der Waals surface area contributed by atoms with Gasteiger partial charge in [0.2, 0.25) is 5.91 Å². The molecule has 0 saturated carbocycles. The van der Waals surface area contributed by atoms with E-state index in [0.29, 0.717) is 16.5 Å². The van der Waals surface area contributed by atoms with Crippen LogP contribution in [0, 0.1) is 6.92 Å². The number of aromatic nitrogens is 4. The zero-order chi connectivity index (χ0) is 29.1. The Morgan fingerprint density at radius 1 is 0.976 bits per heavy atom. The summed E-state index contributed by atoms with van der Waals surface area (Å²) in [5.74, 6) is -1.02. The van der Waals surface area contributed by atoms with E-state index in [1.54, 1.807) is 6.92 Å². The minimum absolute atomic E-state index is 0.0105. The van der Waals surface area contributed by atoms with Crippen LogP contribution in [-0.2, 0) is 21.3 Å². The van der Waals surface area contributed by atoms with Crippen LogP contribution in [0.25, 0.3) is 33.5 Å². The Morgan fingerprint density at radius 3 is 2.41 bits per heavy atom. The maximum Gasteiger partial charge on any atom is 0.348 e. The summed E-state index contributed by atoms with van der Waals surface area (Å²) in [4.78, 5) is 42.5. The average Bonchev–Trinajstić information content (AvgIpc) is 3.53. The molecule has 3 heterocycles. The second kappa shape index (κ2) is 11.9. The molecule has 0 unspecified atom stereocenters. The summed E-state index contributed by atoms with van der Waals surface area (Å²) in [6, 6.07) is 19.8. The first-order chi connectivity index (χ1) is 19.8. The van der Waals surface area contributed by atoms with Crippen molar-refractivity contribution in [2.24, 2.45) is 7.05 Å². The molecule has 0 radical (unpaired) electrons. The number of esters is 2. The summed E-state index contributed by atoms with van der Waals surface area (Å²) in [6.07, 6.45) is 0. The molecule has 3 aromatic heterocycles. The van der Waals surface area contributed by atoms with E-state index in [-0.39, 0.29) is 27.1 Å². The smallest absolute Gasteiger partial charge is 0.348 e. The van der Waals surface area contributed by atoms with Crippen molar-refractivity contribution in [1.29, 1.82) is 0 Å². The van der Waals surface area contributed by atoms with E-state index in [9.17, 15) is 14.4 Å². The van der Waals surface area contributed by atoms with Gasteiger partial charge in [0.1, 0.15) is 9.88 Å². The monoisotopic (exact) mass is 587 g/mol. The number of pyridine rings is 1. The number of nitrogens with zero attached hydrogens (tertiary/aromatic N) is 4. The largest absolute Gasteiger partial charge is 0.465 e. The van der Waals surface area contributed by atoms with E-state index in [1.807, 2.05) is 72.3 Å². The summed E-state index contributed by atoms with van der Waals surface area (Å²) in [5.41, 5.74) is 4.01. The molecule has 0 bridgehead atoms. The van der Waals surface area contributed by atoms with Gasteiger partial charge in [-0.25, -0.2) is 14.6 Å². The van der Waals surface area contributed by atoms with Crippen LogP contribution in [0.4, 0.5) is 5.00 Å². The van der Waals surface area contributed by atoms with Gasteiger partial charge in [0.15, 0.2) is 11.0 Å². The van der Waals surface area contributed by atoms with Crippen LogP contribution in [0.5, 0.6) is 0 Å². The number of methoxy groups -OCH3 is 2.